The van der Waals surface area contributed by atoms with Gasteiger partial charge in [0.2, 0.25) is 0 Å². The first-order valence-corrected chi connectivity index (χ1v) is 8.58. The lowest BCUT2D eigenvalue weighted by Crippen LogP contribution is -2.40. The lowest BCUT2D eigenvalue weighted by molar-refractivity contribution is 0.354. The molecule has 0 aromatic heterocycles. The van der Waals surface area contributed by atoms with Gasteiger partial charge in [-0.3, -0.25) is 0 Å². The van der Waals surface area contributed by atoms with Crippen LogP contribution in [0.15, 0.2) is 29.2 Å². The smallest absolute Gasteiger partial charge is 0.177 e. The molecule has 0 aliphatic carbocycles. The van der Waals surface area contributed by atoms with Crippen LogP contribution in [-0.4, -0.2) is 33.8 Å². The summed E-state index contributed by atoms with van der Waals surface area (Å²) in [7, 11) is -3.18. The molecule has 0 saturated carbocycles. The van der Waals surface area contributed by atoms with E-state index in [1.807, 2.05) is 19.1 Å². The molecule has 0 amide bonds. The Morgan fingerprint density at radius 2 is 1.84 bits per heavy atom. The van der Waals surface area contributed by atoms with E-state index in [2.05, 4.69) is 4.90 Å². The highest BCUT2D eigenvalue weighted by molar-refractivity contribution is 7.90. The molecule has 2 N–H and O–H groups in total. The van der Waals surface area contributed by atoms with E-state index in [-0.39, 0.29) is 6.04 Å². The molecular formula is C14H22N2O2S. The largest absolute Gasteiger partial charge is 0.370 e. The number of rotatable bonds is 3. The molecule has 106 valence electrons. The summed E-state index contributed by atoms with van der Waals surface area (Å²) in [6, 6.07) is 7.45. The standard InChI is InChI=1S/C14H22N2O2S/c1-11(15)12-7-9-16(10-8-12)13-5-3-4-6-14(13)19(2,17)18/h3-6,11-12H,7-10,15H2,1-2H3. The zero-order valence-corrected chi connectivity index (χ0v) is 12.4. The molecule has 5 heteroatoms. The van der Waals surface area contributed by atoms with Crippen LogP contribution >= 0.6 is 0 Å². The van der Waals surface area contributed by atoms with Gasteiger partial charge in [-0.15, -0.1) is 0 Å². The van der Waals surface area contributed by atoms with Gasteiger partial charge in [0.05, 0.1) is 10.6 Å². The average molecular weight is 282 g/mol. The van der Waals surface area contributed by atoms with Gasteiger partial charge in [0.1, 0.15) is 0 Å². The minimum atomic E-state index is -3.18. The molecule has 1 aliphatic rings. The van der Waals surface area contributed by atoms with Crippen LogP contribution in [0.25, 0.3) is 0 Å². The fourth-order valence-electron chi connectivity index (χ4n) is 2.70. The molecule has 0 radical (unpaired) electrons. The van der Waals surface area contributed by atoms with Gasteiger partial charge in [0.15, 0.2) is 9.84 Å². The zero-order chi connectivity index (χ0) is 14.0. The first-order valence-electron chi connectivity index (χ1n) is 6.69. The van der Waals surface area contributed by atoms with E-state index in [1.54, 1.807) is 12.1 Å². The first-order chi connectivity index (χ1) is 8.89. The molecule has 1 fully saturated rings. The van der Waals surface area contributed by atoms with E-state index >= 15 is 0 Å². The third-order valence-corrected chi connectivity index (χ3v) is 5.03. The van der Waals surface area contributed by atoms with Crippen molar-refractivity contribution in [3.8, 4) is 0 Å². The number of hydrogen-bond acceptors (Lipinski definition) is 4. The van der Waals surface area contributed by atoms with Crippen molar-refractivity contribution in [2.45, 2.75) is 30.7 Å². The third kappa shape index (κ3) is 3.28. The summed E-state index contributed by atoms with van der Waals surface area (Å²) in [6.07, 6.45) is 3.31. The van der Waals surface area contributed by atoms with E-state index < -0.39 is 9.84 Å². The van der Waals surface area contributed by atoms with E-state index in [1.165, 1.54) is 6.26 Å². The quantitative estimate of drug-likeness (QED) is 0.915. The Morgan fingerprint density at radius 1 is 1.26 bits per heavy atom. The first kappa shape index (κ1) is 14.3. The van der Waals surface area contributed by atoms with Crippen molar-refractivity contribution in [1.29, 1.82) is 0 Å². The van der Waals surface area contributed by atoms with E-state index in [4.69, 9.17) is 5.73 Å². The molecule has 2 rings (SSSR count). The second-order valence-electron chi connectivity index (χ2n) is 5.42. The van der Waals surface area contributed by atoms with Crippen molar-refractivity contribution < 1.29 is 8.42 Å². The number of anilines is 1. The van der Waals surface area contributed by atoms with Crippen molar-refractivity contribution in [2.75, 3.05) is 24.2 Å². The molecule has 1 aromatic carbocycles. The summed E-state index contributed by atoms with van der Waals surface area (Å²) in [5, 5.41) is 0. The Bertz CT molecular complexity index is 532. The topological polar surface area (TPSA) is 63.4 Å². The van der Waals surface area contributed by atoms with Gasteiger partial charge in [-0.25, -0.2) is 8.42 Å². The maximum atomic E-state index is 11.8. The van der Waals surface area contributed by atoms with Gasteiger partial charge in [0.25, 0.3) is 0 Å². The normalized spacial score (nSPS) is 19.4. The lowest BCUT2D eigenvalue weighted by atomic mass is 9.91. The van der Waals surface area contributed by atoms with Gasteiger partial charge in [-0.2, -0.15) is 0 Å². The number of benzene rings is 1. The molecular weight excluding hydrogens is 260 g/mol. The Hall–Kier alpha value is -1.07. The van der Waals surface area contributed by atoms with Crippen molar-refractivity contribution in [3.63, 3.8) is 0 Å². The molecule has 1 aromatic rings. The van der Waals surface area contributed by atoms with Crippen molar-refractivity contribution in [3.05, 3.63) is 24.3 Å². The van der Waals surface area contributed by atoms with Crippen LogP contribution in [-0.2, 0) is 9.84 Å². The molecule has 1 unspecified atom stereocenters. The Balaban J connectivity index is 2.21. The van der Waals surface area contributed by atoms with Crippen LogP contribution in [0.5, 0.6) is 0 Å². The molecule has 1 atom stereocenters. The summed E-state index contributed by atoms with van der Waals surface area (Å²) in [4.78, 5) is 2.59. The summed E-state index contributed by atoms with van der Waals surface area (Å²) in [6.45, 7) is 3.79. The number of hydrogen-bond donors (Lipinski definition) is 1. The van der Waals surface area contributed by atoms with E-state index in [0.29, 0.717) is 10.8 Å². The molecule has 0 spiro atoms. The van der Waals surface area contributed by atoms with Crippen LogP contribution < -0.4 is 10.6 Å². The second-order valence-corrected chi connectivity index (χ2v) is 7.41. The lowest BCUT2D eigenvalue weighted by Gasteiger charge is -2.35. The maximum Gasteiger partial charge on any atom is 0.177 e. The SMILES string of the molecule is CC(N)C1CCN(c2ccccc2S(C)(=O)=O)CC1. The average Bonchev–Trinajstić information content (AvgIpc) is 2.38. The Morgan fingerprint density at radius 3 is 2.37 bits per heavy atom. The van der Waals surface area contributed by atoms with Gasteiger partial charge >= 0.3 is 0 Å². The van der Waals surface area contributed by atoms with Gasteiger partial charge in [0, 0.05) is 25.4 Å². The number of nitrogens with zero attached hydrogens (tertiary/aromatic N) is 1. The number of piperidine rings is 1. The van der Waals surface area contributed by atoms with Crippen LogP contribution in [0, 0.1) is 5.92 Å². The fourth-order valence-corrected chi connectivity index (χ4v) is 3.60. The van der Waals surface area contributed by atoms with Gasteiger partial charge < -0.3 is 10.6 Å². The number of para-hydroxylation sites is 1. The highest BCUT2D eigenvalue weighted by Crippen LogP contribution is 2.29. The number of nitrogens with two attached hydrogens (primary N) is 1. The van der Waals surface area contributed by atoms with Crippen LogP contribution in [0.3, 0.4) is 0 Å². The molecule has 4 nitrogen and oxygen atoms in total. The minimum Gasteiger partial charge on any atom is -0.370 e. The fraction of sp³-hybridized carbons (Fsp3) is 0.571. The zero-order valence-electron chi connectivity index (χ0n) is 11.5. The summed E-state index contributed by atoms with van der Waals surface area (Å²) in [5.41, 5.74) is 6.76. The van der Waals surface area contributed by atoms with Crippen LogP contribution in [0.2, 0.25) is 0 Å². The Kier molecular flexibility index (Phi) is 4.16. The molecule has 1 aliphatic heterocycles. The molecule has 19 heavy (non-hydrogen) atoms. The molecule has 1 saturated heterocycles. The minimum absolute atomic E-state index is 0.215. The van der Waals surface area contributed by atoms with E-state index in [0.717, 1.165) is 31.6 Å². The van der Waals surface area contributed by atoms with Crippen molar-refractivity contribution >= 4 is 15.5 Å². The monoisotopic (exact) mass is 282 g/mol. The predicted octanol–water partition coefficient (Wildman–Crippen LogP) is 1.65. The Labute approximate surface area is 115 Å². The van der Waals surface area contributed by atoms with Gasteiger partial charge in [-0.1, -0.05) is 12.1 Å². The number of sulfone groups is 1. The highest BCUT2D eigenvalue weighted by Gasteiger charge is 2.24. The highest BCUT2D eigenvalue weighted by atomic mass is 32.2. The summed E-state index contributed by atoms with van der Waals surface area (Å²) >= 11 is 0. The van der Waals surface area contributed by atoms with Crippen molar-refractivity contribution in [1.82, 2.24) is 0 Å². The van der Waals surface area contributed by atoms with E-state index in [9.17, 15) is 8.42 Å². The maximum absolute atomic E-state index is 11.8. The van der Waals surface area contributed by atoms with Crippen LogP contribution in [0.4, 0.5) is 5.69 Å². The van der Waals surface area contributed by atoms with Gasteiger partial charge in [-0.05, 0) is 37.8 Å². The molecule has 1 heterocycles. The summed E-state index contributed by atoms with van der Waals surface area (Å²) < 4.78 is 23.6. The third-order valence-electron chi connectivity index (χ3n) is 3.89. The second kappa shape index (κ2) is 5.51. The van der Waals surface area contributed by atoms with Crippen LogP contribution in [0.1, 0.15) is 19.8 Å². The molecule has 0 bridgehead atoms. The summed E-state index contributed by atoms with van der Waals surface area (Å²) in [5.74, 6) is 0.543. The van der Waals surface area contributed by atoms with Crippen molar-refractivity contribution in [2.24, 2.45) is 11.7 Å². The predicted molar refractivity (Wildman–Crippen MR) is 78.1 cm³/mol.